The number of ether oxygens (including phenoxy) is 1. The third-order valence-corrected chi connectivity index (χ3v) is 3.39. The van der Waals surface area contributed by atoms with Crippen LogP contribution in [-0.2, 0) is 17.8 Å². The Balaban J connectivity index is 0.00000264. The zero-order valence-corrected chi connectivity index (χ0v) is 14.1. The summed E-state index contributed by atoms with van der Waals surface area (Å²) in [5.74, 6) is 0.744. The van der Waals surface area contributed by atoms with Gasteiger partial charge < -0.3 is 15.8 Å². The van der Waals surface area contributed by atoms with Crippen LogP contribution >= 0.6 is 12.4 Å². The lowest BCUT2D eigenvalue weighted by atomic mass is 10.1. The summed E-state index contributed by atoms with van der Waals surface area (Å²) < 4.78 is 5.82. The molecule has 124 valence electrons. The molecule has 2 rings (SSSR count). The van der Waals surface area contributed by atoms with E-state index < -0.39 is 0 Å². The van der Waals surface area contributed by atoms with Crippen LogP contribution in [-0.4, -0.2) is 19.0 Å². The van der Waals surface area contributed by atoms with Crippen LogP contribution in [0.2, 0.25) is 0 Å². The maximum atomic E-state index is 11.7. The fourth-order valence-corrected chi connectivity index (χ4v) is 2.14. The minimum atomic E-state index is -0.0264. The Morgan fingerprint density at radius 2 is 1.96 bits per heavy atom. The van der Waals surface area contributed by atoms with Gasteiger partial charge in [-0.25, -0.2) is 0 Å². The quantitative estimate of drug-likeness (QED) is 0.818. The fourth-order valence-electron chi connectivity index (χ4n) is 2.14. The van der Waals surface area contributed by atoms with E-state index in [4.69, 9.17) is 10.5 Å². The van der Waals surface area contributed by atoms with Gasteiger partial charge in [-0.3, -0.25) is 4.79 Å². The number of amides is 1. The summed E-state index contributed by atoms with van der Waals surface area (Å²) in [6.07, 6.45) is 0.335. The molecule has 0 saturated heterocycles. The average Bonchev–Trinajstić information content (AvgIpc) is 2.52. The molecular weight excluding hydrogens is 312 g/mol. The molecule has 0 spiro atoms. The second kappa shape index (κ2) is 9.87. The molecule has 0 aromatic heterocycles. The zero-order valence-electron chi connectivity index (χ0n) is 13.2. The van der Waals surface area contributed by atoms with Gasteiger partial charge in [0.2, 0.25) is 5.91 Å². The Hall–Kier alpha value is -2.04. The average molecular weight is 335 g/mol. The standard InChI is InChI=1S/C18H22N2O2.ClH/c1-14-5-2-3-7-16(14)13-22-17-8-4-6-15(11-17)12-18(21)20-10-9-19;/h2-8,11H,9-10,12-13,19H2,1H3,(H,20,21);1H. The first-order chi connectivity index (χ1) is 10.7. The number of nitrogens with one attached hydrogen (secondary N) is 1. The molecule has 0 unspecified atom stereocenters. The smallest absolute Gasteiger partial charge is 0.224 e. The molecule has 2 aromatic carbocycles. The maximum Gasteiger partial charge on any atom is 0.224 e. The number of rotatable bonds is 7. The minimum absolute atomic E-state index is 0. The normalized spacial score (nSPS) is 9.83. The number of benzene rings is 2. The van der Waals surface area contributed by atoms with E-state index in [1.807, 2.05) is 36.4 Å². The van der Waals surface area contributed by atoms with Crippen LogP contribution in [0.1, 0.15) is 16.7 Å². The second-order valence-electron chi connectivity index (χ2n) is 5.18. The summed E-state index contributed by atoms with van der Waals surface area (Å²) in [5, 5.41) is 2.76. The molecule has 0 radical (unpaired) electrons. The Labute approximate surface area is 143 Å². The van der Waals surface area contributed by atoms with Crippen LogP contribution in [0.5, 0.6) is 5.75 Å². The summed E-state index contributed by atoms with van der Waals surface area (Å²) in [7, 11) is 0. The number of hydrogen-bond acceptors (Lipinski definition) is 3. The highest BCUT2D eigenvalue weighted by Crippen LogP contribution is 2.17. The van der Waals surface area contributed by atoms with Crippen LogP contribution in [0.25, 0.3) is 0 Å². The van der Waals surface area contributed by atoms with Crippen molar-refractivity contribution in [1.82, 2.24) is 5.32 Å². The molecule has 0 aliphatic carbocycles. The van der Waals surface area contributed by atoms with E-state index >= 15 is 0 Å². The molecule has 3 N–H and O–H groups in total. The van der Waals surface area contributed by atoms with E-state index in [9.17, 15) is 4.79 Å². The van der Waals surface area contributed by atoms with Crippen LogP contribution in [0.15, 0.2) is 48.5 Å². The number of halogens is 1. The molecule has 0 saturated carbocycles. The molecule has 1 amide bonds. The molecule has 23 heavy (non-hydrogen) atoms. The summed E-state index contributed by atoms with van der Waals surface area (Å²) in [4.78, 5) is 11.7. The van der Waals surface area contributed by atoms with Gasteiger partial charge in [0.05, 0.1) is 6.42 Å². The highest BCUT2D eigenvalue weighted by molar-refractivity contribution is 5.85. The molecule has 0 fully saturated rings. The lowest BCUT2D eigenvalue weighted by Crippen LogP contribution is -2.30. The predicted octanol–water partition coefficient (Wildman–Crippen LogP) is 2.61. The zero-order chi connectivity index (χ0) is 15.8. The van der Waals surface area contributed by atoms with Crippen molar-refractivity contribution in [2.24, 2.45) is 5.73 Å². The Kier molecular flexibility index (Phi) is 8.16. The Bertz CT molecular complexity index is 632. The van der Waals surface area contributed by atoms with Crippen LogP contribution < -0.4 is 15.8 Å². The van der Waals surface area contributed by atoms with Gasteiger partial charge >= 0.3 is 0 Å². The molecule has 0 heterocycles. The fraction of sp³-hybridized carbons (Fsp3) is 0.278. The molecule has 5 heteroatoms. The summed E-state index contributed by atoms with van der Waals surface area (Å²) >= 11 is 0. The van der Waals surface area contributed by atoms with E-state index in [-0.39, 0.29) is 18.3 Å². The molecule has 0 aliphatic heterocycles. The van der Waals surface area contributed by atoms with E-state index in [0.717, 1.165) is 16.9 Å². The largest absolute Gasteiger partial charge is 0.489 e. The van der Waals surface area contributed by atoms with Crippen molar-refractivity contribution >= 4 is 18.3 Å². The van der Waals surface area contributed by atoms with Gasteiger partial charge in [0.1, 0.15) is 12.4 Å². The number of carbonyl (C=O) groups is 1. The monoisotopic (exact) mass is 334 g/mol. The van der Waals surface area contributed by atoms with Gasteiger partial charge in [-0.1, -0.05) is 36.4 Å². The predicted molar refractivity (Wildman–Crippen MR) is 95.0 cm³/mol. The molecule has 4 nitrogen and oxygen atoms in total. The lowest BCUT2D eigenvalue weighted by molar-refractivity contribution is -0.120. The number of carbonyl (C=O) groups excluding carboxylic acids is 1. The van der Waals surface area contributed by atoms with Crippen molar-refractivity contribution < 1.29 is 9.53 Å². The van der Waals surface area contributed by atoms with Crippen LogP contribution in [0.3, 0.4) is 0 Å². The number of hydrogen-bond donors (Lipinski definition) is 2. The van der Waals surface area contributed by atoms with Gasteiger partial charge in [0.25, 0.3) is 0 Å². The second-order valence-corrected chi connectivity index (χ2v) is 5.18. The van der Waals surface area contributed by atoms with E-state index in [2.05, 4.69) is 24.4 Å². The van der Waals surface area contributed by atoms with Crippen molar-refractivity contribution in [2.75, 3.05) is 13.1 Å². The van der Waals surface area contributed by atoms with E-state index in [1.165, 1.54) is 5.56 Å². The first-order valence-electron chi connectivity index (χ1n) is 7.42. The third-order valence-electron chi connectivity index (χ3n) is 3.39. The molecule has 0 aliphatic rings. The first kappa shape index (κ1) is 19.0. The van der Waals surface area contributed by atoms with Crippen LogP contribution in [0, 0.1) is 6.92 Å². The van der Waals surface area contributed by atoms with E-state index in [1.54, 1.807) is 0 Å². The van der Waals surface area contributed by atoms with Crippen molar-refractivity contribution in [2.45, 2.75) is 20.0 Å². The number of aryl methyl sites for hydroxylation is 1. The molecule has 2 aromatic rings. The van der Waals surface area contributed by atoms with Crippen molar-refractivity contribution in [3.05, 3.63) is 65.2 Å². The highest BCUT2D eigenvalue weighted by Gasteiger charge is 2.04. The van der Waals surface area contributed by atoms with Gasteiger partial charge in [-0.05, 0) is 35.7 Å². The van der Waals surface area contributed by atoms with Crippen molar-refractivity contribution in [3.8, 4) is 5.75 Å². The summed E-state index contributed by atoms with van der Waals surface area (Å²) in [6, 6.07) is 15.8. The molecule has 0 bridgehead atoms. The van der Waals surface area contributed by atoms with Crippen LogP contribution in [0.4, 0.5) is 0 Å². The van der Waals surface area contributed by atoms with Gasteiger partial charge in [0.15, 0.2) is 0 Å². The molecular formula is C18H23ClN2O2. The first-order valence-corrected chi connectivity index (χ1v) is 7.42. The van der Waals surface area contributed by atoms with Gasteiger partial charge in [0, 0.05) is 13.1 Å². The molecule has 0 atom stereocenters. The lowest BCUT2D eigenvalue weighted by Gasteiger charge is -2.10. The number of nitrogens with two attached hydrogens (primary N) is 1. The Morgan fingerprint density at radius 1 is 1.17 bits per heavy atom. The van der Waals surface area contributed by atoms with Gasteiger partial charge in [-0.2, -0.15) is 0 Å². The topological polar surface area (TPSA) is 64.3 Å². The maximum absolute atomic E-state index is 11.7. The Morgan fingerprint density at radius 3 is 2.70 bits per heavy atom. The summed E-state index contributed by atoms with van der Waals surface area (Å²) in [5.41, 5.74) is 8.66. The SMILES string of the molecule is Cc1ccccc1COc1cccc(CC(=O)NCCN)c1.Cl. The van der Waals surface area contributed by atoms with Gasteiger partial charge in [-0.15, -0.1) is 12.4 Å². The third kappa shape index (κ3) is 6.30. The van der Waals surface area contributed by atoms with Crippen molar-refractivity contribution in [1.29, 1.82) is 0 Å². The highest BCUT2D eigenvalue weighted by atomic mass is 35.5. The van der Waals surface area contributed by atoms with E-state index in [0.29, 0.717) is 26.1 Å². The van der Waals surface area contributed by atoms with Crippen molar-refractivity contribution in [3.63, 3.8) is 0 Å². The summed E-state index contributed by atoms with van der Waals surface area (Å²) in [6.45, 7) is 3.54. The minimum Gasteiger partial charge on any atom is -0.489 e.